The van der Waals surface area contributed by atoms with E-state index in [9.17, 15) is 30.4 Å². The van der Waals surface area contributed by atoms with E-state index in [2.05, 4.69) is 14.7 Å². The first-order valence-electron chi connectivity index (χ1n) is 10.9. The van der Waals surface area contributed by atoms with Crippen LogP contribution in [0.5, 0.6) is 5.75 Å². The predicted molar refractivity (Wildman–Crippen MR) is 122 cm³/mol. The van der Waals surface area contributed by atoms with Crippen molar-refractivity contribution in [3.63, 3.8) is 0 Å². The zero-order valence-corrected chi connectivity index (χ0v) is 19.8. The Balaban J connectivity index is 1.75. The molecule has 1 atom stereocenters. The summed E-state index contributed by atoms with van der Waals surface area (Å²) in [5, 5.41) is 0. The molecule has 0 fully saturated rings. The summed E-state index contributed by atoms with van der Waals surface area (Å²) in [4.78, 5) is 7.46. The van der Waals surface area contributed by atoms with Crippen molar-refractivity contribution in [3.8, 4) is 5.75 Å². The summed E-state index contributed by atoms with van der Waals surface area (Å²) in [7, 11) is -4.03. The Hall–Kier alpha value is -3.28. The fraction of sp³-hybridized carbons (Fsp3) is 0.333. The highest BCUT2D eigenvalue weighted by Gasteiger charge is 2.39. The van der Waals surface area contributed by atoms with Gasteiger partial charge in [0.05, 0.1) is 17.1 Å². The molecule has 0 aliphatic carbocycles. The van der Waals surface area contributed by atoms with E-state index in [1.54, 1.807) is 6.92 Å². The van der Waals surface area contributed by atoms with E-state index in [-0.39, 0.29) is 35.1 Å². The summed E-state index contributed by atoms with van der Waals surface area (Å²) < 4.78 is 99.7. The standard InChI is InChI=1S/C24H22F5N3O3S/c1-23(18-5-3-16(24(27,28)29)12-15(18)2-7-21(25)26)9-11-35-20-13-17(4-6-19(20)23)36(33,34)32-22-8-10-30-14-31-22/h3-6,8,10,12-14,21H,2,7,9,11H2,1H3,(H,30,31,32)/t23-/m0/s1. The first kappa shape index (κ1) is 25.8. The van der Waals surface area contributed by atoms with E-state index < -0.39 is 40.0 Å². The monoisotopic (exact) mass is 527 g/mol. The number of sulfonamides is 1. The lowest BCUT2D eigenvalue weighted by Crippen LogP contribution is -2.32. The van der Waals surface area contributed by atoms with Crippen LogP contribution in [0.4, 0.5) is 27.8 Å². The average molecular weight is 528 g/mol. The van der Waals surface area contributed by atoms with Crippen LogP contribution in [0.25, 0.3) is 0 Å². The molecule has 4 rings (SSSR count). The number of nitrogens with zero attached hydrogens (tertiary/aromatic N) is 2. The van der Waals surface area contributed by atoms with Gasteiger partial charge in [-0.3, -0.25) is 4.72 Å². The highest BCUT2D eigenvalue weighted by atomic mass is 32.2. The van der Waals surface area contributed by atoms with Gasteiger partial charge >= 0.3 is 6.18 Å². The molecule has 1 N–H and O–H groups in total. The van der Waals surface area contributed by atoms with Crippen molar-refractivity contribution in [3.05, 3.63) is 77.2 Å². The first-order chi connectivity index (χ1) is 16.9. The van der Waals surface area contributed by atoms with Crippen molar-refractivity contribution >= 4 is 15.8 Å². The summed E-state index contributed by atoms with van der Waals surface area (Å²) in [5.74, 6) is 0.316. The largest absolute Gasteiger partial charge is 0.493 e. The SMILES string of the molecule is C[C@@]1(c2ccc(C(F)(F)F)cc2CCC(F)F)CCOc2cc(S(=O)(=O)Nc3ccncn3)ccc21. The molecule has 0 bridgehead atoms. The molecule has 2 heterocycles. The summed E-state index contributed by atoms with van der Waals surface area (Å²) in [6.45, 7) is 1.94. The summed E-state index contributed by atoms with van der Waals surface area (Å²) in [5.41, 5.74) is -0.619. The minimum absolute atomic E-state index is 0.0712. The molecule has 12 heteroatoms. The Kier molecular flexibility index (Phi) is 6.91. The second-order valence-corrected chi connectivity index (χ2v) is 10.3. The average Bonchev–Trinajstić information content (AvgIpc) is 2.82. The van der Waals surface area contributed by atoms with E-state index in [0.717, 1.165) is 12.1 Å². The Labute approximate surface area is 204 Å². The van der Waals surface area contributed by atoms with E-state index in [4.69, 9.17) is 4.74 Å². The molecule has 0 unspecified atom stereocenters. The number of rotatable bonds is 7. The minimum atomic E-state index is -4.62. The van der Waals surface area contributed by atoms with Gasteiger partial charge in [-0.05, 0) is 48.2 Å². The van der Waals surface area contributed by atoms with Crippen LogP contribution in [-0.2, 0) is 28.0 Å². The van der Waals surface area contributed by atoms with E-state index in [1.165, 1.54) is 42.9 Å². The molecule has 3 aromatic rings. The normalized spacial score (nSPS) is 18.0. The molecule has 1 aromatic heterocycles. The van der Waals surface area contributed by atoms with E-state index in [1.807, 2.05) is 0 Å². The number of hydrogen-bond donors (Lipinski definition) is 1. The molecule has 192 valence electrons. The van der Waals surface area contributed by atoms with Gasteiger partial charge in [0.1, 0.15) is 17.9 Å². The lowest BCUT2D eigenvalue weighted by molar-refractivity contribution is -0.137. The summed E-state index contributed by atoms with van der Waals surface area (Å²) in [6, 6.07) is 8.79. The van der Waals surface area contributed by atoms with Gasteiger partial charge in [-0.15, -0.1) is 0 Å². The van der Waals surface area contributed by atoms with Gasteiger partial charge in [-0.25, -0.2) is 27.2 Å². The first-order valence-corrected chi connectivity index (χ1v) is 12.4. The fourth-order valence-electron chi connectivity index (χ4n) is 4.35. The molecule has 0 spiro atoms. The number of halogens is 5. The number of anilines is 1. The third-order valence-electron chi connectivity index (χ3n) is 6.20. The van der Waals surface area contributed by atoms with E-state index in [0.29, 0.717) is 17.5 Å². The fourth-order valence-corrected chi connectivity index (χ4v) is 5.38. The summed E-state index contributed by atoms with van der Waals surface area (Å²) >= 11 is 0. The number of hydrogen-bond acceptors (Lipinski definition) is 5. The van der Waals surface area contributed by atoms with Crippen LogP contribution in [0.3, 0.4) is 0 Å². The van der Waals surface area contributed by atoms with Crippen LogP contribution < -0.4 is 9.46 Å². The topological polar surface area (TPSA) is 81.2 Å². The maximum atomic E-state index is 13.3. The van der Waals surface area contributed by atoms with Crippen molar-refractivity contribution in [2.75, 3.05) is 11.3 Å². The Bertz CT molecular complexity index is 1350. The van der Waals surface area contributed by atoms with Gasteiger partial charge in [-0.2, -0.15) is 13.2 Å². The Morgan fingerprint density at radius 1 is 1.11 bits per heavy atom. The minimum Gasteiger partial charge on any atom is -0.493 e. The lowest BCUT2D eigenvalue weighted by Gasteiger charge is -2.38. The molecule has 2 aromatic carbocycles. The van der Waals surface area contributed by atoms with Crippen LogP contribution in [0, 0.1) is 0 Å². The molecule has 0 saturated carbocycles. The smallest absolute Gasteiger partial charge is 0.416 e. The van der Waals surface area contributed by atoms with Crippen molar-refractivity contribution < 1.29 is 35.1 Å². The number of alkyl halides is 5. The van der Waals surface area contributed by atoms with Crippen LogP contribution in [0.15, 0.2) is 59.9 Å². The van der Waals surface area contributed by atoms with Crippen LogP contribution in [0.2, 0.25) is 0 Å². The number of aromatic nitrogens is 2. The Morgan fingerprint density at radius 3 is 2.53 bits per heavy atom. The predicted octanol–water partition coefficient (Wildman–Crippen LogP) is 5.58. The quantitative estimate of drug-likeness (QED) is 0.406. The number of nitrogens with one attached hydrogen (secondary N) is 1. The number of benzene rings is 2. The van der Waals surface area contributed by atoms with Crippen molar-refractivity contribution in [1.29, 1.82) is 0 Å². The molecular weight excluding hydrogens is 505 g/mol. The molecule has 36 heavy (non-hydrogen) atoms. The number of aryl methyl sites for hydroxylation is 1. The molecule has 1 aliphatic rings. The second-order valence-electron chi connectivity index (χ2n) is 8.59. The number of fused-ring (bicyclic) bond motifs is 1. The van der Waals surface area contributed by atoms with Gasteiger partial charge in [0, 0.05) is 29.7 Å². The third kappa shape index (κ3) is 5.28. The molecule has 0 amide bonds. The maximum absolute atomic E-state index is 13.3. The highest BCUT2D eigenvalue weighted by molar-refractivity contribution is 7.92. The molecule has 6 nitrogen and oxygen atoms in total. The van der Waals surface area contributed by atoms with Gasteiger partial charge in [-0.1, -0.05) is 19.1 Å². The maximum Gasteiger partial charge on any atom is 0.416 e. The Morgan fingerprint density at radius 2 is 1.86 bits per heavy atom. The molecule has 0 saturated heterocycles. The van der Waals surface area contributed by atoms with Gasteiger partial charge in [0.2, 0.25) is 6.43 Å². The van der Waals surface area contributed by atoms with Gasteiger partial charge < -0.3 is 4.74 Å². The molecular formula is C24H22F5N3O3S. The van der Waals surface area contributed by atoms with Crippen LogP contribution in [0.1, 0.15) is 42.0 Å². The number of ether oxygens (including phenoxy) is 1. The summed E-state index contributed by atoms with van der Waals surface area (Å²) in [6.07, 6.45) is -5.18. The second kappa shape index (κ2) is 9.64. The lowest BCUT2D eigenvalue weighted by atomic mass is 9.70. The molecule has 1 aliphatic heterocycles. The zero-order valence-electron chi connectivity index (χ0n) is 19.0. The van der Waals surface area contributed by atoms with Crippen LogP contribution >= 0.6 is 0 Å². The van der Waals surface area contributed by atoms with Crippen LogP contribution in [-0.4, -0.2) is 31.4 Å². The van der Waals surface area contributed by atoms with Gasteiger partial charge in [0.15, 0.2) is 0 Å². The highest BCUT2D eigenvalue weighted by Crippen LogP contribution is 2.46. The van der Waals surface area contributed by atoms with Crippen molar-refractivity contribution in [2.45, 2.75) is 49.1 Å². The van der Waals surface area contributed by atoms with Gasteiger partial charge in [0.25, 0.3) is 10.0 Å². The van der Waals surface area contributed by atoms with Crippen molar-refractivity contribution in [1.82, 2.24) is 9.97 Å². The van der Waals surface area contributed by atoms with Crippen molar-refractivity contribution in [2.24, 2.45) is 0 Å². The van der Waals surface area contributed by atoms with E-state index >= 15 is 0 Å². The third-order valence-corrected chi connectivity index (χ3v) is 7.55. The zero-order chi connectivity index (χ0) is 26.1. The molecule has 0 radical (unpaired) electrons.